The van der Waals surface area contributed by atoms with Crippen molar-refractivity contribution < 1.29 is 5.21 Å². The summed E-state index contributed by atoms with van der Waals surface area (Å²) in [5, 5.41) is 19.5. The van der Waals surface area contributed by atoms with Gasteiger partial charge in [0, 0.05) is 11.8 Å². The molecule has 0 aliphatic rings. The molecule has 1 aromatic carbocycles. The van der Waals surface area contributed by atoms with E-state index < -0.39 is 0 Å². The van der Waals surface area contributed by atoms with Gasteiger partial charge < -0.3 is 5.21 Å². The molecule has 0 saturated heterocycles. The molecule has 0 aliphatic heterocycles. The first-order chi connectivity index (χ1) is 8.40. The molecule has 0 atom stereocenters. The average Bonchev–Trinajstić information content (AvgIpc) is 2.39. The summed E-state index contributed by atoms with van der Waals surface area (Å²) < 4.78 is 0. The predicted molar refractivity (Wildman–Crippen MR) is 64.2 cm³/mol. The molecule has 84 valence electrons. The molecule has 1 N–H and O–H groups in total. The van der Waals surface area contributed by atoms with Crippen LogP contribution in [0.5, 0.6) is 0 Å². The Morgan fingerprint density at radius 3 is 2.59 bits per heavy atom. The monoisotopic (exact) mass is 226 g/mol. The van der Waals surface area contributed by atoms with E-state index in [1.54, 1.807) is 24.4 Å². The van der Waals surface area contributed by atoms with E-state index in [0.717, 1.165) is 0 Å². The lowest BCUT2D eigenvalue weighted by atomic mass is 10.2. The van der Waals surface area contributed by atoms with Crippen LogP contribution in [-0.2, 0) is 0 Å². The zero-order chi connectivity index (χ0) is 11.9. The van der Waals surface area contributed by atoms with E-state index in [-0.39, 0.29) is 0 Å². The van der Waals surface area contributed by atoms with Gasteiger partial charge in [-0.3, -0.25) is 0 Å². The topological polar surface area (TPSA) is 70.2 Å². The molecule has 0 spiro atoms. The largest absolute Gasteiger partial charge is 0.411 e. The fraction of sp³-hybridized carbons (Fsp3) is 0. The van der Waals surface area contributed by atoms with Crippen LogP contribution in [0.15, 0.2) is 64.0 Å². The second-order valence-corrected chi connectivity index (χ2v) is 3.19. The van der Waals surface area contributed by atoms with Gasteiger partial charge >= 0.3 is 0 Å². The van der Waals surface area contributed by atoms with E-state index in [1.807, 2.05) is 24.3 Å². The SMILES string of the molecule is O/N=C/c1ccccc1N=Nc1ccccn1. The van der Waals surface area contributed by atoms with E-state index in [0.29, 0.717) is 17.1 Å². The molecule has 2 rings (SSSR count). The molecule has 5 nitrogen and oxygen atoms in total. The first kappa shape index (κ1) is 10.9. The number of benzene rings is 1. The number of hydrogen-bond donors (Lipinski definition) is 1. The molecule has 0 saturated carbocycles. The van der Waals surface area contributed by atoms with Crippen LogP contribution in [0, 0.1) is 0 Å². The zero-order valence-electron chi connectivity index (χ0n) is 8.93. The van der Waals surface area contributed by atoms with E-state index >= 15 is 0 Å². The third kappa shape index (κ3) is 2.94. The second-order valence-electron chi connectivity index (χ2n) is 3.19. The molecular formula is C12H10N4O. The minimum Gasteiger partial charge on any atom is -0.411 e. The number of azo groups is 1. The molecule has 0 unspecified atom stereocenters. The Hall–Kier alpha value is -2.56. The van der Waals surface area contributed by atoms with E-state index in [2.05, 4.69) is 20.4 Å². The van der Waals surface area contributed by atoms with Gasteiger partial charge in [0.2, 0.25) is 0 Å². The van der Waals surface area contributed by atoms with Crippen LogP contribution in [0.1, 0.15) is 5.56 Å². The van der Waals surface area contributed by atoms with Crippen LogP contribution in [0.2, 0.25) is 0 Å². The van der Waals surface area contributed by atoms with Gasteiger partial charge in [-0.2, -0.15) is 0 Å². The van der Waals surface area contributed by atoms with E-state index in [9.17, 15) is 0 Å². The lowest BCUT2D eigenvalue weighted by molar-refractivity contribution is 0.322. The van der Waals surface area contributed by atoms with Crippen LogP contribution in [-0.4, -0.2) is 16.4 Å². The van der Waals surface area contributed by atoms with Gasteiger partial charge in [0.05, 0.1) is 11.9 Å². The Kier molecular flexibility index (Phi) is 3.54. The van der Waals surface area contributed by atoms with E-state index in [1.165, 1.54) is 6.21 Å². The molecule has 0 aliphatic carbocycles. The fourth-order valence-electron chi connectivity index (χ4n) is 1.27. The maximum Gasteiger partial charge on any atom is 0.174 e. The minimum absolute atomic E-state index is 0.531. The summed E-state index contributed by atoms with van der Waals surface area (Å²) in [6.07, 6.45) is 2.96. The molecule has 2 aromatic rings. The van der Waals surface area contributed by atoms with Gasteiger partial charge in [-0.15, -0.1) is 10.2 Å². The third-order valence-electron chi connectivity index (χ3n) is 2.04. The maximum atomic E-state index is 8.51. The van der Waals surface area contributed by atoms with Crippen LogP contribution >= 0.6 is 0 Å². The Bertz CT molecular complexity index is 537. The lowest BCUT2D eigenvalue weighted by Crippen LogP contribution is -1.80. The van der Waals surface area contributed by atoms with Crippen LogP contribution in [0.25, 0.3) is 0 Å². The van der Waals surface area contributed by atoms with Crippen molar-refractivity contribution in [2.24, 2.45) is 15.4 Å². The van der Waals surface area contributed by atoms with Gasteiger partial charge in [-0.1, -0.05) is 29.4 Å². The molecule has 17 heavy (non-hydrogen) atoms. The lowest BCUT2D eigenvalue weighted by Gasteiger charge is -1.96. The summed E-state index contributed by atoms with van der Waals surface area (Å²) in [5.41, 5.74) is 1.31. The Morgan fingerprint density at radius 2 is 1.82 bits per heavy atom. The molecule has 1 heterocycles. The van der Waals surface area contributed by atoms with Gasteiger partial charge in [0.25, 0.3) is 0 Å². The summed E-state index contributed by atoms with van der Waals surface area (Å²) in [6.45, 7) is 0. The summed E-state index contributed by atoms with van der Waals surface area (Å²) in [5.74, 6) is 0.531. The molecule has 1 aromatic heterocycles. The summed E-state index contributed by atoms with van der Waals surface area (Å²) in [6, 6.07) is 12.6. The van der Waals surface area contributed by atoms with Gasteiger partial charge in [0.15, 0.2) is 5.82 Å². The standard InChI is InChI=1S/C12H10N4O/c17-14-9-10-5-1-2-6-11(10)15-16-12-7-3-4-8-13-12/h1-9,17H/b14-9+,16-15?. The van der Waals surface area contributed by atoms with Gasteiger partial charge in [-0.05, 0) is 18.2 Å². The van der Waals surface area contributed by atoms with Crippen LogP contribution in [0.3, 0.4) is 0 Å². The van der Waals surface area contributed by atoms with Crippen LogP contribution < -0.4 is 0 Å². The first-order valence-electron chi connectivity index (χ1n) is 4.99. The number of rotatable bonds is 3. The van der Waals surface area contributed by atoms with Crippen molar-refractivity contribution in [3.63, 3.8) is 0 Å². The molecule has 0 radical (unpaired) electrons. The highest BCUT2D eigenvalue weighted by Crippen LogP contribution is 2.19. The molecule has 0 fully saturated rings. The van der Waals surface area contributed by atoms with Crippen molar-refractivity contribution >= 4 is 17.7 Å². The molecule has 0 bridgehead atoms. The summed E-state index contributed by atoms with van der Waals surface area (Å²) in [7, 11) is 0. The van der Waals surface area contributed by atoms with Crippen molar-refractivity contribution in [2.45, 2.75) is 0 Å². The quantitative estimate of drug-likeness (QED) is 0.377. The van der Waals surface area contributed by atoms with Crippen LogP contribution in [0.4, 0.5) is 11.5 Å². The number of aromatic nitrogens is 1. The van der Waals surface area contributed by atoms with Crippen molar-refractivity contribution in [1.29, 1.82) is 0 Å². The smallest absolute Gasteiger partial charge is 0.174 e. The molecule has 5 heteroatoms. The highest BCUT2D eigenvalue weighted by molar-refractivity contribution is 5.85. The summed E-state index contributed by atoms with van der Waals surface area (Å²) >= 11 is 0. The maximum absolute atomic E-state index is 8.51. The minimum atomic E-state index is 0.531. The molecule has 0 amide bonds. The molecular weight excluding hydrogens is 216 g/mol. The number of pyridine rings is 1. The Balaban J connectivity index is 2.27. The highest BCUT2D eigenvalue weighted by Gasteiger charge is 1.97. The first-order valence-corrected chi connectivity index (χ1v) is 4.99. The Morgan fingerprint density at radius 1 is 1.00 bits per heavy atom. The number of nitrogens with zero attached hydrogens (tertiary/aromatic N) is 4. The van der Waals surface area contributed by atoms with Crippen molar-refractivity contribution in [1.82, 2.24) is 4.98 Å². The zero-order valence-corrected chi connectivity index (χ0v) is 8.93. The van der Waals surface area contributed by atoms with Gasteiger partial charge in [-0.25, -0.2) is 4.98 Å². The number of hydrogen-bond acceptors (Lipinski definition) is 5. The van der Waals surface area contributed by atoms with E-state index in [4.69, 9.17) is 5.21 Å². The van der Waals surface area contributed by atoms with Crippen molar-refractivity contribution in [2.75, 3.05) is 0 Å². The second kappa shape index (κ2) is 5.50. The third-order valence-corrected chi connectivity index (χ3v) is 2.04. The number of oxime groups is 1. The highest BCUT2D eigenvalue weighted by atomic mass is 16.4. The predicted octanol–water partition coefficient (Wildman–Crippen LogP) is 3.31. The van der Waals surface area contributed by atoms with Crippen molar-refractivity contribution in [3.05, 3.63) is 54.2 Å². The fourth-order valence-corrected chi connectivity index (χ4v) is 1.27. The van der Waals surface area contributed by atoms with Gasteiger partial charge in [0.1, 0.15) is 0 Å². The summed E-state index contributed by atoms with van der Waals surface area (Å²) in [4.78, 5) is 4.03. The normalized spacial score (nSPS) is 11.3. The Labute approximate surface area is 98.2 Å². The van der Waals surface area contributed by atoms with Crippen molar-refractivity contribution in [3.8, 4) is 0 Å². The average molecular weight is 226 g/mol.